The molecule has 1 N–H and O–H groups in total. The van der Waals surface area contributed by atoms with E-state index in [0.29, 0.717) is 32.3 Å². The molecule has 0 atom stereocenters. The highest BCUT2D eigenvalue weighted by molar-refractivity contribution is 5.60. The van der Waals surface area contributed by atoms with E-state index in [2.05, 4.69) is 38.1 Å². The quantitative estimate of drug-likeness (QED) is 0.357. The smallest absolute Gasteiger partial charge is 0.434 e. The maximum atomic E-state index is 11.7. The van der Waals surface area contributed by atoms with E-state index in [4.69, 9.17) is 9.47 Å². The van der Waals surface area contributed by atoms with E-state index in [1.54, 1.807) is 0 Å². The number of hydrogen-bond acceptors (Lipinski definition) is 4. The van der Waals surface area contributed by atoms with Crippen LogP contribution < -0.4 is 0 Å². The van der Waals surface area contributed by atoms with E-state index in [0.717, 1.165) is 24.8 Å². The fraction of sp³-hybridized carbons (Fsp3) is 0.708. The number of ether oxygens (including phenoxy) is 2. The normalized spacial score (nSPS) is 22.0. The predicted octanol–water partition coefficient (Wildman–Crippen LogP) is 6.28. The van der Waals surface area contributed by atoms with Crippen molar-refractivity contribution in [3.8, 4) is 0 Å². The summed E-state index contributed by atoms with van der Waals surface area (Å²) in [5, 5.41) is 11.1. The van der Waals surface area contributed by atoms with Crippen molar-refractivity contribution in [1.29, 1.82) is 0 Å². The van der Waals surface area contributed by atoms with Crippen molar-refractivity contribution >= 4 is 6.16 Å². The summed E-state index contributed by atoms with van der Waals surface area (Å²) in [5.41, 5.74) is 1.51. The number of aliphatic hydroxyl groups is 1. The predicted molar refractivity (Wildman–Crippen MR) is 112 cm³/mol. The molecule has 1 saturated carbocycles. The second kappa shape index (κ2) is 12.1. The molecule has 1 aliphatic rings. The average Bonchev–Trinajstić information content (AvgIpc) is 2.70. The largest absolute Gasteiger partial charge is 0.508 e. The molecule has 1 aromatic carbocycles. The zero-order valence-corrected chi connectivity index (χ0v) is 17.8. The molecule has 0 heterocycles. The molecule has 1 aromatic rings. The van der Waals surface area contributed by atoms with Crippen LogP contribution in [0, 0.1) is 0 Å². The third-order valence-corrected chi connectivity index (χ3v) is 5.80. The number of carbonyl (C=O) groups excluding carboxylic acids is 1. The third-order valence-electron chi connectivity index (χ3n) is 5.80. The van der Waals surface area contributed by atoms with E-state index in [-0.39, 0.29) is 6.10 Å². The van der Waals surface area contributed by atoms with Gasteiger partial charge >= 0.3 is 6.16 Å². The van der Waals surface area contributed by atoms with Crippen LogP contribution in [0.4, 0.5) is 4.79 Å². The molecule has 4 heteroatoms. The zero-order chi connectivity index (χ0) is 20.2. The fourth-order valence-corrected chi connectivity index (χ4v) is 3.86. The van der Waals surface area contributed by atoms with Crippen LogP contribution in [0.15, 0.2) is 24.3 Å². The van der Waals surface area contributed by atoms with Crippen molar-refractivity contribution in [2.75, 3.05) is 6.61 Å². The summed E-state index contributed by atoms with van der Waals surface area (Å²) in [6.07, 6.45) is 11.2. The van der Waals surface area contributed by atoms with Crippen LogP contribution in [0.1, 0.15) is 95.6 Å². The highest BCUT2D eigenvalue weighted by Gasteiger charge is 2.36. The van der Waals surface area contributed by atoms with Gasteiger partial charge in [0.15, 0.2) is 0 Å². The first-order valence-electron chi connectivity index (χ1n) is 11.2. The number of unbranched alkanes of at least 4 members (excludes halogenated alkanes) is 5. The Bertz CT molecular complexity index is 558. The maximum absolute atomic E-state index is 11.7. The zero-order valence-electron chi connectivity index (χ0n) is 17.8. The van der Waals surface area contributed by atoms with Gasteiger partial charge in [-0.05, 0) is 56.1 Å². The summed E-state index contributed by atoms with van der Waals surface area (Å²) in [4.78, 5) is 11.7. The molecule has 0 aromatic heterocycles. The van der Waals surface area contributed by atoms with Gasteiger partial charge < -0.3 is 14.6 Å². The minimum absolute atomic E-state index is 0.156. The Morgan fingerprint density at radius 3 is 2.29 bits per heavy atom. The van der Waals surface area contributed by atoms with Crippen molar-refractivity contribution in [2.45, 2.75) is 103 Å². The topological polar surface area (TPSA) is 55.8 Å². The highest BCUT2D eigenvalue weighted by Crippen LogP contribution is 2.38. The molecule has 0 unspecified atom stereocenters. The molecule has 158 valence electrons. The van der Waals surface area contributed by atoms with Crippen molar-refractivity contribution in [1.82, 2.24) is 0 Å². The lowest BCUT2D eigenvalue weighted by Crippen LogP contribution is -2.35. The van der Waals surface area contributed by atoms with E-state index < -0.39 is 11.8 Å². The van der Waals surface area contributed by atoms with Gasteiger partial charge in [0, 0.05) is 0 Å². The molecule has 0 saturated heterocycles. The first kappa shape index (κ1) is 22.7. The lowest BCUT2D eigenvalue weighted by molar-refractivity contribution is -0.0537. The molecule has 1 fully saturated rings. The van der Waals surface area contributed by atoms with E-state index in [1.165, 1.54) is 37.7 Å². The van der Waals surface area contributed by atoms with Gasteiger partial charge in [-0.2, -0.15) is 0 Å². The molecule has 0 radical (unpaired) electrons. The Kier molecular flexibility index (Phi) is 9.83. The molecular weight excluding hydrogens is 352 g/mol. The van der Waals surface area contributed by atoms with Gasteiger partial charge in [-0.15, -0.1) is 0 Å². The third kappa shape index (κ3) is 7.46. The summed E-state index contributed by atoms with van der Waals surface area (Å²) in [7, 11) is 0. The van der Waals surface area contributed by atoms with Crippen LogP contribution in [0.2, 0.25) is 0 Å². The summed E-state index contributed by atoms with van der Waals surface area (Å²) in [6, 6.07) is 8.45. The van der Waals surface area contributed by atoms with E-state index in [9.17, 15) is 9.90 Å². The maximum Gasteiger partial charge on any atom is 0.508 e. The Morgan fingerprint density at radius 2 is 1.64 bits per heavy atom. The van der Waals surface area contributed by atoms with Gasteiger partial charge in [0.25, 0.3) is 0 Å². The van der Waals surface area contributed by atoms with E-state index >= 15 is 0 Å². The van der Waals surface area contributed by atoms with Gasteiger partial charge in [-0.25, -0.2) is 4.79 Å². The first-order valence-corrected chi connectivity index (χ1v) is 11.2. The van der Waals surface area contributed by atoms with Crippen LogP contribution in [-0.4, -0.2) is 24.0 Å². The Labute approximate surface area is 170 Å². The molecule has 0 bridgehead atoms. The molecule has 28 heavy (non-hydrogen) atoms. The summed E-state index contributed by atoms with van der Waals surface area (Å²) in [5.74, 6) is 0. The number of hydrogen-bond donors (Lipinski definition) is 1. The Hall–Kier alpha value is -1.55. The lowest BCUT2D eigenvalue weighted by atomic mass is 9.78. The molecule has 1 aliphatic carbocycles. The van der Waals surface area contributed by atoms with Crippen molar-refractivity contribution < 1.29 is 19.4 Å². The van der Waals surface area contributed by atoms with Crippen LogP contribution >= 0.6 is 0 Å². The van der Waals surface area contributed by atoms with Crippen molar-refractivity contribution in [2.24, 2.45) is 0 Å². The highest BCUT2D eigenvalue weighted by atomic mass is 16.7. The average molecular weight is 391 g/mol. The van der Waals surface area contributed by atoms with Crippen LogP contribution in [-0.2, 0) is 21.5 Å². The van der Waals surface area contributed by atoms with Crippen LogP contribution in [0.3, 0.4) is 0 Å². The van der Waals surface area contributed by atoms with Gasteiger partial charge in [0.2, 0.25) is 0 Å². The Morgan fingerprint density at radius 1 is 1.00 bits per heavy atom. The number of rotatable bonds is 11. The van der Waals surface area contributed by atoms with Gasteiger partial charge in [0.1, 0.15) is 6.10 Å². The standard InChI is InChI=1S/C24H38O4/c1-3-5-7-8-9-10-20-11-13-21(14-12-20)24(26)17-15-22(16-18-24)28-23(25)27-19-6-4-2/h11-14,22,26H,3-10,15-19H2,1-2H3. The van der Waals surface area contributed by atoms with Gasteiger partial charge in [0.05, 0.1) is 12.2 Å². The molecule has 4 nitrogen and oxygen atoms in total. The number of benzene rings is 1. The molecule has 0 amide bonds. The number of carbonyl (C=O) groups is 1. The van der Waals surface area contributed by atoms with E-state index in [1.807, 2.05) is 0 Å². The fourth-order valence-electron chi connectivity index (χ4n) is 3.86. The molecule has 0 spiro atoms. The molecule has 2 rings (SSSR count). The minimum Gasteiger partial charge on any atom is -0.434 e. The summed E-state index contributed by atoms with van der Waals surface area (Å²) >= 11 is 0. The monoisotopic (exact) mass is 390 g/mol. The molecule has 0 aliphatic heterocycles. The van der Waals surface area contributed by atoms with Crippen LogP contribution in [0.25, 0.3) is 0 Å². The number of aryl methyl sites for hydroxylation is 1. The summed E-state index contributed by atoms with van der Waals surface area (Å²) < 4.78 is 10.5. The van der Waals surface area contributed by atoms with Crippen LogP contribution in [0.5, 0.6) is 0 Å². The van der Waals surface area contributed by atoms with Gasteiger partial charge in [-0.3, -0.25) is 0 Å². The SMILES string of the molecule is CCCCCCCc1ccc(C2(O)CCC(OC(=O)OCCCC)CC2)cc1. The molecular formula is C24H38O4. The Balaban J connectivity index is 1.75. The van der Waals surface area contributed by atoms with Crippen molar-refractivity contribution in [3.63, 3.8) is 0 Å². The second-order valence-electron chi connectivity index (χ2n) is 8.16. The van der Waals surface area contributed by atoms with Crippen molar-refractivity contribution in [3.05, 3.63) is 35.4 Å². The second-order valence-corrected chi connectivity index (χ2v) is 8.16. The minimum atomic E-state index is -0.814. The van der Waals surface area contributed by atoms with Gasteiger partial charge in [-0.1, -0.05) is 70.2 Å². The lowest BCUT2D eigenvalue weighted by Gasteiger charge is -2.36. The first-order chi connectivity index (χ1) is 13.6. The summed E-state index contributed by atoms with van der Waals surface area (Å²) in [6.45, 7) is 4.70.